The SMILES string of the molecule is c1cc2c(cn1)C1(CNC2)CNC1. The Bertz CT molecular complexity index is 331. The van der Waals surface area contributed by atoms with Crippen LogP contribution in [0.25, 0.3) is 0 Å². The molecule has 0 aliphatic carbocycles. The molecule has 2 aliphatic heterocycles. The smallest absolute Gasteiger partial charge is 0.0345 e. The third kappa shape index (κ3) is 0.943. The molecule has 13 heavy (non-hydrogen) atoms. The van der Waals surface area contributed by atoms with E-state index in [0.717, 1.165) is 26.2 Å². The van der Waals surface area contributed by atoms with Crippen LogP contribution in [0.5, 0.6) is 0 Å². The summed E-state index contributed by atoms with van der Waals surface area (Å²) in [5.41, 5.74) is 3.22. The van der Waals surface area contributed by atoms with Gasteiger partial charge in [-0.3, -0.25) is 4.98 Å². The van der Waals surface area contributed by atoms with Gasteiger partial charge in [0.1, 0.15) is 0 Å². The van der Waals surface area contributed by atoms with E-state index in [1.54, 1.807) is 0 Å². The average Bonchev–Trinajstić information content (AvgIpc) is 2.14. The highest BCUT2D eigenvalue weighted by Crippen LogP contribution is 2.32. The summed E-state index contributed by atoms with van der Waals surface area (Å²) in [6.45, 7) is 4.29. The summed E-state index contributed by atoms with van der Waals surface area (Å²) in [5, 5.41) is 6.81. The lowest BCUT2D eigenvalue weighted by Crippen LogP contribution is -2.63. The zero-order valence-corrected chi connectivity index (χ0v) is 7.51. The Labute approximate surface area is 77.6 Å². The van der Waals surface area contributed by atoms with Gasteiger partial charge in [-0.25, -0.2) is 0 Å². The highest BCUT2D eigenvalue weighted by atomic mass is 15.0. The number of pyridine rings is 1. The summed E-state index contributed by atoms with van der Waals surface area (Å²) < 4.78 is 0. The van der Waals surface area contributed by atoms with E-state index in [4.69, 9.17) is 0 Å². The van der Waals surface area contributed by atoms with Gasteiger partial charge >= 0.3 is 0 Å². The number of hydrogen-bond acceptors (Lipinski definition) is 3. The molecule has 0 saturated carbocycles. The van der Waals surface area contributed by atoms with Crippen LogP contribution in [0.15, 0.2) is 18.5 Å². The maximum atomic E-state index is 4.22. The van der Waals surface area contributed by atoms with Gasteiger partial charge in [-0.2, -0.15) is 0 Å². The minimum Gasteiger partial charge on any atom is -0.315 e. The van der Waals surface area contributed by atoms with E-state index in [-0.39, 0.29) is 0 Å². The second kappa shape index (κ2) is 2.53. The van der Waals surface area contributed by atoms with Crippen molar-refractivity contribution in [3.63, 3.8) is 0 Å². The maximum Gasteiger partial charge on any atom is 0.0345 e. The predicted molar refractivity (Wildman–Crippen MR) is 50.5 cm³/mol. The van der Waals surface area contributed by atoms with E-state index < -0.39 is 0 Å². The molecule has 2 aliphatic rings. The molecule has 3 rings (SSSR count). The van der Waals surface area contributed by atoms with Crippen LogP contribution in [-0.2, 0) is 12.0 Å². The normalized spacial score (nSPS) is 23.7. The first-order valence-electron chi connectivity index (χ1n) is 4.76. The maximum absolute atomic E-state index is 4.22. The van der Waals surface area contributed by atoms with Crippen LogP contribution < -0.4 is 10.6 Å². The molecule has 1 aromatic rings. The van der Waals surface area contributed by atoms with Gasteiger partial charge in [0, 0.05) is 44.0 Å². The first kappa shape index (κ1) is 7.47. The average molecular weight is 175 g/mol. The number of aromatic nitrogens is 1. The van der Waals surface area contributed by atoms with Gasteiger partial charge in [-0.05, 0) is 17.2 Å². The molecule has 1 saturated heterocycles. The summed E-state index contributed by atoms with van der Waals surface area (Å²) in [5.74, 6) is 0. The van der Waals surface area contributed by atoms with Crippen LogP contribution in [0.3, 0.4) is 0 Å². The first-order chi connectivity index (χ1) is 6.41. The molecule has 0 atom stereocenters. The fourth-order valence-corrected chi connectivity index (χ4v) is 2.33. The van der Waals surface area contributed by atoms with Crippen molar-refractivity contribution in [2.45, 2.75) is 12.0 Å². The van der Waals surface area contributed by atoms with Crippen LogP contribution >= 0.6 is 0 Å². The third-order valence-electron chi connectivity index (χ3n) is 3.19. The van der Waals surface area contributed by atoms with Crippen molar-refractivity contribution in [3.05, 3.63) is 29.6 Å². The van der Waals surface area contributed by atoms with Crippen LogP contribution in [0.1, 0.15) is 11.1 Å². The monoisotopic (exact) mass is 175 g/mol. The van der Waals surface area contributed by atoms with Gasteiger partial charge in [-0.15, -0.1) is 0 Å². The van der Waals surface area contributed by atoms with Crippen molar-refractivity contribution in [2.24, 2.45) is 0 Å². The Hall–Kier alpha value is -0.930. The third-order valence-corrected chi connectivity index (χ3v) is 3.19. The van der Waals surface area contributed by atoms with Gasteiger partial charge in [-0.1, -0.05) is 0 Å². The number of nitrogens with zero attached hydrogens (tertiary/aromatic N) is 1. The molecule has 0 radical (unpaired) electrons. The van der Waals surface area contributed by atoms with Gasteiger partial charge < -0.3 is 10.6 Å². The molecule has 3 heteroatoms. The summed E-state index contributed by atoms with van der Waals surface area (Å²) in [6, 6.07) is 2.13. The summed E-state index contributed by atoms with van der Waals surface area (Å²) >= 11 is 0. The first-order valence-corrected chi connectivity index (χ1v) is 4.76. The van der Waals surface area contributed by atoms with Crippen molar-refractivity contribution in [3.8, 4) is 0 Å². The standard InChI is InChI=1S/C10H13N3/c1-2-11-4-9-8(1)3-12-5-10(9)6-13-7-10/h1-2,4,12-13H,3,5-7H2. The van der Waals surface area contributed by atoms with E-state index in [0.29, 0.717) is 5.41 Å². The van der Waals surface area contributed by atoms with Crippen LogP contribution in [0.2, 0.25) is 0 Å². The van der Waals surface area contributed by atoms with Crippen molar-refractivity contribution >= 4 is 0 Å². The molecule has 3 heterocycles. The fraction of sp³-hybridized carbons (Fsp3) is 0.500. The molecule has 1 spiro atoms. The molecular formula is C10H13N3. The Morgan fingerprint density at radius 1 is 1.23 bits per heavy atom. The highest BCUT2D eigenvalue weighted by molar-refractivity contribution is 5.37. The molecule has 0 bridgehead atoms. The van der Waals surface area contributed by atoms with Gasteiger partial charge in [0.25, 0.3) is 0 Å². The van der Waals surface area contributed by atoms with Crippen LogP contribution in [0.4, 0.5) is 0 Å². The lowest BCUT2D eigenvalue weighted by atomic mass is 9.72. The molecular weight excluding hydrogens is 162 g/mol. The number of fused-ring (bicyclic) bond motifs is 2. The largest absolute Gasteiger partial charge is 0.315 e. The highest BCUT2D eigenvalue weighted by Gasteiger charge is 2.41. The van der Waals surface area contributed by atoms with Gasteiger partial charge in [0.2, 0.25) is 0 Å². The lowest BCUT2D eigenvalue weighted by Gasteiger charge is -2.46. The summed E-state index contributed by atoms with van der Waals surface area (Å²) in [6.07, 6.45) is 3.92. The molecule has 1 fully saturated rings. The fourth-order valence-electron chi connectivity index (χ4n) is 2.33. The van der Waals surface area contributed by atoms with E-state index in [1.165, 1.54) is 11.1 Å². The lowest BCUT2D eigenvalue weighted by molar-refractivity contribution is 0.248. The van der Waals surface area contributed by atoms with Crippen molar-refractivity contribution in [1.29, 1.82) is 0 Å². The zero-order valence-electron chi connectivity index (χ0n) is 7.51. The Balaban J connectivity index is 2.11. The minimum atomic E-state index is 0.349. The number of nitrogens with one attached hydrogen (secondary N) is 2. The summed E-state index contributed by atoms with van der Waals surface area (Å²) in [7, 11) is 0. The van der Waals surface area contributed by atoms with E-state index >= 15 is 0 Å². The van der Waals surface area contributed by atoms with Gasteiger partial charge in [0.15, 0.2) is 0 Å². The number of hydrogen-bond donors (Lipinski definition) is 2. The molecule has 0 amide bonds. The molecule has 1 aromatic heterocycles. The van der Waals surface area contributed by atoms with E-state index in [9.17, 15) is 0 Å². The van der Waals surface area contributed by atoms with Crippen molar-refractivity contribution < 1.29 is 0 Å². The zero-order chi connectivity index (χ0) is 8.73. The second-order valence-electron chi connectivity index (χ2n) is 4.02. The molecule has 0 aromatic carbocycles. The molecule has 3 nitrogen and oxygen atoms in total. The quantitative estimate of drug-likeness (QED) is 0.584. The Kier molecular flexibility index (Phi) is 1.45. The van der Waals surface area contributed by atoms with Gasteiger partial charge in [0.05, 0.1) is 0 Å². The second-order valence-corrected chi connectivity index (χ2v) is 4.02. The Morgan fingerprint density at radius 2 is 2.08 bits per heavy atom. The van der Waals surface area contributed by atoms with E-state index in [1.807, 2.05) is 12.4 Å². The molecule has 68 valence electrons. The van der Waals surface area contributed by atoms with Crippen molar-refractivity contribution in [2.75, 3.05) is 19.6 Å². The number of rotatable bonds is 0. The molecule has 2 N–H and O–H groups in total. The summed E-state index contributed by atoms with van der Waals surface area (Å²) in [4.78, 5) is 4.22. The Morgan fingerprint density at radius 3 is 2.85 bits per heavy atom. The van der Waals surface area contributed by atoms with Crippen molar-refractivity contribution in [1.82, 2.24) is 15.6 Å². The van der Waals surface area contributed by atoms with E-state index in [2.05, 4.69) is 21.7 Å². The van der Waals surface area contributed by atoms with Crippen LogP contribution in [-0.4, -0.2) is 24.6 Å². The topological polar surface area (TPSA) is 37.0 Å². The molecule has 0 unspecified atom stereocenters. The minimum absolute atomic E-state index is 0.349. The van der Waals surface area contributed by atoms with Crippen LogP contribution in [0, 0.1) is 0 Å². The predicted octanol–water partition coefficient (Wildman–Crippen LogP) is 0.0258.